The quantitative estimate of drug-likeness (QED) is 0.576. The lowest BCUT2D eigenvalue weighted by molar-refractivity contribution is -0.130. The maximum atomic E-state index is 11.6. The van der Waals surface area contributed by atoms with E-state index in [0.717, 1.165) is 31.3 Å². The lowest BCUT2D eigenvalue weighted by Gasteiger charge is -2.32. The maximum Gasteiger partial charge on any atom is 0.139 e. The number of carbonyl (C=O) groups is 1. The van der Waals surface area contributed by atoms with E-state index in [1.807, 2.05) is 6.92 Å². The molecule has 0 aromatic carbocycles. The molecule has 0 bridgehead atoms. The Hall–Kier alpha value is -0.590. The van der Waals surface area contributed by atoms with Gasteiger partial charge in [0.05, 0.1) is 0 Å². The third-order valence-corrected chi connectivity index (χ3v) is 2.75. The molecule has 0 amide bonds. The van der Waals surface area contributed by atoms with Crippen molar-refractivity contribution < 1.29 is 4.79 Å². The first-order chi connectivity index (χ1) is 5.54. The van der Waals surface area contributed by atoms with Crippen LogP contribution in [-0.2, 0) is 4.79 Å². The van der Waals surface area contributed by atoms with Crippen LogP contribution in [-0.4, -0.2) is 5.78 Å². The molecule has 1 aliphatic rings. The summed E-state index contributed by atoms with van der Waals surface area (Å²) in [5, 5.41) is 0. The van der Waals surface area contributed by atoms with Crippen molar-refractivity contribution in [3.63, 3.8) is 0 Å². The number of rotatable bonds is 2. The second kappa shape index (κ2) is 3.42. The first-order valence-electron chi connectivity index (χ1n) is 4.72. The summed E-state index contributed by atoms with van der Waals surface area (Å²) in [6, 6.07) is 0. The largest absolute Gasteiger partial charge is 0.299 e. The molecular formula is C11H18O. The average molecular weight is 166 g/mol. The molecule has 1 rings (SSSR count). The molecule has 0 N–H and O–H groups in total. The van der Waals surface area contributed by atoms with Crippen LogP contribution < -0.4 is 0 Å². The van der Waals surface area contributed by atoms with Crippen molar-refractivity contribution in [1.82, 2.24) is 0 Å². The fraction of sp³-hybridized carbons (Fsp3) is 0.727. The van der Waals surface area contributed by atoms with E-state index >= 15 is 0 Å². The van der Waals surface area contributed by atoms with Crippen LogP contribution in [0.25, 0.3) is 0 Å². The summed E-state index contributed by atoms with van der Waals surface area (Å²) < 4.78 is 0. The van der Waals surface area contributed by atoms with Crippen molar-refractivity contribution in [1.29, 1.82) is 0 Å². The van der Waals surface area contributed by atoms with Crippen molar-refractivity contribution in [3.05, 3.63) is 12.2 Å². The van der Waals surface area contributed by atoms with Crippen LogP contribution in [0.15, 0.2) is 12.2 Å². The third kappa shape index (κ3) is 1.96. The van der Waals surface area contributed by atoms with E-state index in [-0.39, 0.29) is 5.41 Å². The molecule has 0 unspecified atom stereocenters. The Kier molecular flexibility index (Phi) is 2.71. The Labute approximate surface area is 74.9 Å². The van der Waals surface area contributed by atoms with Gasteiger partial charge in [-0.3, -0.25) is 4.79 Å². The fourth-order valence-electron chi connectivity index (χ4n) is 2.09. The predicted octanol–water partition coefficient (Wildman–Crippen LogP) is 3.10. The fourth-order valence-corrected chi connectivity index (χ4v) is 2.09. The maximum absolute atomic E-state index is 11.6. The minimum absolute atomic E-state index is 0.0793. The van der Waals surface area contributed by atoms with Crippen LogP contribution in [0.5, 0.6) is 0 Å². The molecule has 1 fully saturated rings. The molecule has 1 heteroatoms. The Morgan fingerprint density at radius 2 is 2.25 bits per heavy atom. The van der Waals surface area contributed by atoms with E-state index in [1.54, 1.807) is 0 Å². The van der Waals surface area contributed by atoms with Crippen molar-refractivity contribution in [2.24, 2.45) is 5.41 Å². The number of hydrogen-bond donors (Lipinski definition) is 0. The zero-order chi connectivity index (χ0) is 9.19. The van der Waals surface area contributed by atoms with Crippen LogP contribution in [0.1, 0.15) is 46.0 Å². The summed E-state index contributed by atoms with van der Waals surface area (Å²) in [5.74, 6) is 0.441. The number of ketones is 1. The number of allylic oxidation sites excluding steroid dienone is 1. The summed E-state index contributed by atoms with van der Waals surface area (Å²) in [7, 11) is 0. The molecule has 0 saturated heterocycles. The summed E-state index contributed by atoms with van der Waals surface area (Å²) in [6.45, 7) is 7.97. The van der Waals surface area contributed by atoms with E-state index in [0.29, 0.717) is 5.78 Å². The molecule has 0 aromatic rings. The minimum Gasteiger partial charge on any atom is -0.299 e. The van der Waals surface area contributed by atoms with Crippen LogP contribution >= 0.6 is 0 Å². The molecule has 1 atom stereocenters. The second-order valence-corrected chi connectivity index (χ2v) is 4.32. The van der Waals surface area contributed by atoms with Gasteiger partial charge < -0.3 is 0 Å². The van der Waals surface area contributed by atoms with Gasteiger partial charge in [-0.25, -0.2) is 0 Å². The summed E-state index contributed by atoms with van der Waals surface area (Å²) >= 11 is 0. The highest BCUT2D eigenvalue weighted by Gasteiger charge is 2.34. The van der Waals surface area contributed by atoms with Gasteiger partial charge in [0.1, 0.15) is 5.78 Å². The van der Waals surface area contributed by atoms with Gasteiger partial charge in [0.15, 0.2) is 0 Å². The first-order valence-corrected chi connectivity index (χ1v) is 4.72. The zero-order valence-electron chi connectivity index (χ0n) is 8.15. The average Bonchev–Trinajstić information content (AvgIpc) is 1.94. The van der Waals surface area contributed by atoms with Gasteiger partial charge in [-0.15, -0.1) is 6.58 Å². The van der Waals surface area contributed by atoms with Gasteiger partial charge >= 0.3 is 0 Å². The number of hydrogen-bond acceptors (Lipinski definition) is 1. The van der Waals surface area contributed by atoms with Crippen molar-refractivity contribution >= 4 is 5.78 Å². The predicted molar refractivity (Wildman–Crippen MR) is 51.0 cm³/mol. The topological polar surface area (TPSA) is 17.1 Å². The van der Waals surface area contributed by atoms with Crippen molar-refractivity contribution in [3.8, 4) is 0 Å². The van der Waals surface area contributed by atoms with E-state index < -0.39 is 0 Å². The Morgan fingerprint density at radius 1 is 1.58 bits per heavy atom. The highest BCUT2D eigenvalue weighted by atomic mass is 16.1. The summed E-state index contributed by atoms with van der Waals surface area (Å²) in [6.07, 6.45) is 5.01. The standard InChI is InChI=1S/C11H18O/c1-9(2)8-11(3)7-5-4-6-10(11)12/h1,4-8H2,2-3H3/t11-/m0/s1. The van der Waals surface area contributed by atoms with Crippen LogP contribution in [0.3, 0.4) is 0 Å². The molecular weight excluding hydrogens is 148 g/mol. The number of Topliss-reactive ketones (excluding diaryl/α,β-unsaturated/α-hetero) is 1. The summed E-state index contributed by atoms with van der Waals surface area (Å²) in [5.41, 5.74) is 1.05. The molecule has 1 saturated carbocycles. The molecule has 1 nitrogen and oxygen atoms in total. The minimum atomic E-state index is -0.0793. The normalized spacial score (nSPS) is 30.3. The number of carbonyl (C=O) groups excluding carboxylic acids is 1. The molecule has 68 valence electrons. The Balaban J connectivity index is 2.66. The van der Waals surface area contributed by atoms with Crippen molar-refractivity contribution in [2.45, 2.75) is 46.0 Å². The van der Waals surface area contributed by atoms with Crippen LogP contribution in [0, 0.1) is 5.41 Å². The summed E-state index contributed by atoms with van der Waals surface area (Å²) in [4.78, 5) is 11.6. The lowest BCUT2D eigenvalue weighted by Crippen LogP contribution is -2.31. The second-order valence-electron chi connectivity index (χ2n) is 4.32. The molecule has 0 aliphatic heterocycles. The first kappa shape index (κ1) is 9.50. The van der Waals surface area contributed by atoms with Gasteiger partial charge in [-0.1, -0.05) is 18.9 Å². The molecule has 0 spiro atoms. The molecule has 0 radical (unpaired) electrons. The Morgan fingerprint density at radius 3 is 2.75 bits per heavy atom. The van der Waals surface area contributed by atoms with Gasteiger partial charge in [0.25, 0.3) is 0 Å². The smallest absolute Gasteiger partial charge is 0.139 e. The van der Waals surface area contributed by atoms with Gasteiger partial charge in [-0.05, 0) is 26.2 Å². The highest BCUT2D eigenvalue weighted by molar-refractivity contribution is 5.85. The van der Waals surface area contributed by atoms with E-state index in [2.05, 4.69) is 13.5 Å². The Bertz CT molecular complexity index is 205. The SMILES string of the molecule is C=C(C)C[C@]1(C)CCCCC1=O. The lowest BCUT2D eigenvalue weighted by atomic mass is 9.71. The van der Waals surface area contributed by atoms with Crippen LogP contribution in [0.2, 0.25) is 0 Å². The van der Waals surface area contributed by atoms with Crippen LogP contribution in [0.4, 0.5) is 0 Å². The zero-order valence-corrected chi connectivity index (χ0v) is 8.15. The van der Waals surface area contributed by atoms with E-state index in [9.17, 15) is 4.79 Å². The monoisotopic (exact) mass is 166 g/mol. The van der Waals surface area contributed by atoms with Gasteiger partial charge in [0.2, 0.25) is 0 Å². The molecule has 0 aromatic heterocycles. The van der Waals surface area contributed by atoms with Gasteiger partial charge in [-0.2, -0.15) is 0 Å². The van der Waals surface area contributed by atoms with E-state index in [4.69, 9.17) is 0 Å². The van der Waals surface area contributed by atoms with Gasteiger partial charge in [0, 0.05) is 11.8 Å². The highest BCUT2D eigenvalue weighted by Crippen LogP contribution is 2.37. The van der Waals surface area contributed by atoms with Crippen molar-refractivity contribution in [2.75, 3.05) is 0 Å². The van der Waals surface area contributed by atoms with E-state index in [1.165, 1.54) is 6.42 Å². The molecule has 0 heterocycles. The molecule has 1 aliphatic carbocycles. The third-order valence-electron chi connectivity index (χ3n) is 2.75. The molecule has 12 heavy (non-hydrogen) atoms.